The Labute approximate surface area is 229 Å². The average molecular weight is 524 g/mol. The number of carbonyl (C=O) groups excluding carboxylic acids is 2. The quantitative estimate of drug-likeness (QED) is 0.260. The van der Waals surface area contributed by atoms with Gasteiger partial charge in [0.25, 0.3) is 5.91 Å². The van der Waals surface area contributed by atoms with Crippen molar-refractivity contribution in [3.63, 3.8) is 0 Å². The van der Waals surface area contributed by atoms with Crippen molar-refractivity contribution in [2.24, 2.45) is 0 Å². The lowest BCUT2D eigenvalue weighted by atomic mass is 10.00. The predicted molar refractivity (Wildman–Crippen MR) is 156 cm³/mol. The number of aryl methyl sites for hydroxylation is 1. The zero-order valence-corrected chi connectivity index (χ0v) is 23.3. The van der Waals surface area contributed by atoms with Gasteiger partial charge in [-0.05, 0) is 65.6 Å². The highest BCUT2D eigenvalue weighted by Gasteiger charge is 2.41. The molecule has 1 unspecified atom stereocenters. The second kappa shape index (κ2) is 11.7. The summed E-state index contributed by atoms with van der Waals surface area (Å²) in [6.07, 6.45) is 0.504. The molecule has 0 radical (unpaired) electrons. The maximum Gasteiger partial charge on any atom is 0.269 e. The molecule has 1 fully saturated rings. The van der Waals surface area contributed by atoms with Crippen molar-refractivity contribution in [1.82, 2.24) is 0 Å². The largest absolute Gasteiger partial charge is 0.321 e. The highest BCUT2D eigenvalue weighted by molar-refractivity contribution is 8.05. The summed E-state index contributed by atoms with van der Waals surface area (Å²) in [4.78, 5) is 28.7. The first-order valence-corrected chi connectivity index (χ1v) is 13.8. The van der Waals surface area contributed by atoms with Gasteiger partial charge in [-0.2, -0.15) is 5.26 Å². The lowest BCUT2D eigenvalue weighted by Gasteiger charge is -2.19. The van der Waals surface area contributed by atoms with Crippen LogP contribution in [0.4, 0.5) is 11.4 Å². The molecule has 1 atom stereocenters. The van der Waals surface area contributed by atoms with E-state index in [2.05, 4.69) is 63.3 Å². The van der Waals surface area contributed by atoms with Crippen molar-refractivity contribution < 1.29 is 9.59 Å². The van der Waals surface area contributed by atoms with Crippen molar-refractivity contribution >= 4 is 35.0 Å². The summed E-state index contributed by atoms with van der Waals surface area (Å²) < 4.78 is 0. The van der Waals surface area contributed by atoms with Crippen LogP contribution in [-0.2, 0) is 16.0 Å². The minimum atomic E-state index is -0.525. The first-order chi connectivity index (χ1) is 18.2. The summed E-state index contributed by atoms with van der Waals surface area (Å²) in [7, 11) is 0. The van der Waals surface area contributed by atoms with Crippen LogP contribution in [0.3, 0.4) is 0 Å². The Morgan fingerprint density at radius 1 is 0.947 bits per heavy atom. The van der Waals surface area contributed by atoms with Crippen molar-refractivity contribution in [1.29, 1.82) is 5.26 Å². The van der Waals surface area contributed by atoms with Crippen molar-refractivity contribution in [3.05, 3.63) is 106 Å². The van der Waals surface area contributed by atoms with Gasteiger partial charge in [-0.15, -0.1) is 0 Å². The van der Waals surface area contributed by atoms with Crippen LogP contribution in [-0.4, -0.2) is 17.1 Å². The molecule has 3 aromatic rings. The number of para-hydroxylation sites is 1. The van der Waals surface area contributed by atoms with Gasteiger partial charge in [-0.1, -0.05) is 94.1 Å². The molecule has 1 saturated heterocycles. The molecule has 2 amide bonds. The van der Waals surface area contributed by atoms with Crippen LogP contribution in [0.15, 0.2) is 83.4 Å². The number of carbonyl (C=O) groups is 2. The molecule has 6 heteroatoms. The van der Waals surface area contributed by atoms with Crippen molar-refractivity contribution in [2.75, 3.05) is 10.2 Å². The molecule has 0 saturated carbocycles. The van der Waals surface area contributed by atoms with Crippen molar-refractivity contribution in [3.8, 4) is 6.07 Å². The van der Waals surface area contributed by atoms with E-state index < -0.39 is 11.2 Å². The summed E-state index contributed by atoms with van der Waals surface area (Å²) in [5.74, 6) is 0.115. The SMILES string of the molecule is Cc1ccccc1NC(=O)/C(C#N)=C1\SC(Cc2ccc(C(C)C)cc2)C(=O)N1c1ccc(C(C)C)cc1. The highest BCUT2D eigenvalue weighted by atomic mass is 32.2. The number of thioether (sulfide) groups is 1. The number of benzene rings is 3. The van der Waals surface area contributed by atoms with Crippen LogP contribution < -0.4 is 10.2 Å². The number of anilines is 2. The minimum Gasteiger partial charge on any atom is -0.321 e. The molecule has 1 aliphatic heterocycles. The second-order valence-electron chi connectivity index (χ2n) is 10.2. The summed E-state index contributed by atoms with van der Waals surface area (Å²) in [5.41, 5.74) is 5.54. The predicted octanol–water partition coefficient (Wildman–Crippen LogP) is 7.31. The summed E-state index contributed by atoms with van der Waals surface area (Å²) in [6, 6.07) is 25.6. The number of nitrogens with zero attached hydrogens (tertiary/aromatic N) is 2. The fraction of sp³-hybridized carbons (Fsp3) is 0.281. The van der Waals surface area contributed by atoms with Gasteiger partial charge in [0.15, 0.2) is 0 Å². The van der Waals surface area contributed by atoms with Crippen LogP contribution in [0.25, 0.3) is 0 Å². The highest BCUT2D eigenvalue weighted by Crippen LogP contribution is 2.42. The van der Waals surface area contributed by atoms with E-state index in [0.29, 0.717) is 34.7 Å². The van der Waals surface area contributed by atoms with E-state index >= 15 is 0 Å². The molecular formula is C32H33N3O2S. The maximum atomic E-state index is 13.8. The lowest BCUT2D eigenvalue weighted by molar-refractivity contribution is -0.117. The van der Waals surface area contributed by atoms with Gasteiger partial charge in [0.05, 0.1) is 5.25 Å². The van der Waals surface area contributed by atoms with Gasteiger partial charge in [-0.25, -0.2) is 0 Å². The monoisotopic (exact) mass is 523 g/mol. The zero-order valence-electron chi connectivity index (χ0n) is 22.5. The molecular weight excluding hydrogens is 490 g/mol. The third-order valence-corrected chi connectivity index (χ3v) is 8.05. The Morgan fingerprint density at radius 2 is 1.53 bits per heavy atom. The van der Waals surface area contributed by atoms with Gasteiger partial charge in [-0.3, -0.25) is 14.5 Å². The van der Waals surface area contributed by atoms with Crippen LogP contribution in [0.2, 0.25) is 0 Å². The Morgan fingerprint density at radius 3 is 2.08 bits per heavy atom. The summed E-state index contributed by atoms with van der Waals surface area (Å²) in [5, 5.41) is 12.9. The molecule has 1 aliphatic rings. The van der Waals surface area contributed by atoms with Crippen LogP contribution in [0.1, 0.15) is 61.8 Å². The third-order valence-electron chi connectivity index (χ3n) is 6.78. The van der Waals surface area contributed by atoms with E-state index in [1.165, 1.54) is 22.2 Å². The van der Waals surface area contributed by atoms with E-state index in [0.717, 1.165) is 16.7 Å². The van der Waals surface area contributed by atoms with Gasteiger partial charge in [0, 0.05) is 11.4 Å². The van der Waals surface area contributed by atoms with Gasteiger partial charge < -0.3 is 5.32 Å². The number of hydrogen-bond donors (Lipinski definition) is 1. The maximum absolute atomic E-state index is 13.8. The third kappa shape index (κ3) is 5.84. The number of amides is 2. The average Bonchev–Trinajstić information content (AvgIpc) is 3.21. The van der Waals surface area contributed by atoms with E-state index in [1.54, 1.807) is 6.07 Å². The van der Waals surface area contributed by atoms with Gasteiger partial charge in [0.2, 0.25) is 5.91 Å². The smallest absolute Gasteiger partial charge is 0.269 e. The van der Waals surface area contributed by atoms with E-state index in [-0.39, 0.29) is 11.5 Å². The van der Waals surface area contributed by atoms with E-state index in [9.17, 15) is 14.9 Å². The topological polar surface area (TPSA) is 73.2 Å². The molecule has 38 heavy (non-hydrogen) atoms. The second-order valence-corrected chi connectivity index (χ2v) is 11.4. The molecule has 4 rings (SSSR count). The number of nitrogens with one attached hydrogen (secondary N) is 1. The Kier molecular flexibility index (Phi) is 8.38. The zero-order chi connectivity index (χ0) is 27.4. The summed E-state index contributed by atoms with van der Waals surface area (Å²) in [6.45, 7) is 10.4. The first-order valence-electron chi connectivity index (χ1n) is 12.9. The standard InChI is InChI=1S/C32H33N3O2S/c1-20(2)24-12-10-23(11-13-24)18-29-31(37)35(26-16-14-25(15-17-26)21(3)4)32(38-29)27(19-33)30(36)34-28-9-7-6-8-22(28)5/h6-17,20-21,29H,18H2,1-5H3,(H,34,36)/b32-27-. The number of rotatable bonds is 7. The van der Waals surface area contributed by atoms with Crippen LogP contribution in [0.5, 0.6) is 0 Å². The van der Waals surface area contributed by atoms with Crippen molar-refractivity contribution in [2.45, 2.75) is 58.1 Å². The molecule has 0 aromatic heterocycles. The fourth-order valence-electron chi connectivity index (χ4n) is 4.38. The molecule has 3 aromatic carbocycles. The molecule has 5 nitrogen and oxygen atoms in total. The van der Waals surface area contributed by atoms with Gasteiger partial charge in [0.1, 0.15) is 16.7 Å². The minimum absolute atomic E-state index is 0.0720. The van der Waals surface area contributed by atoms with Gasteiger partial charge >= 0.3 is 0 Å². The van der Waals surface area contributed by atoms with Crippen LogP contribution in [0, 0.1) is 18.3 Å². The summed E-state index contributed by atoms with van der Waals surface area (Å²) >= 11 is 1.29. The normalized spacial score (nSPS) is 16.6. The van der Waals surface area contributed by atoms with E-state index in [4.69, 9.17) is 0 Å². The van der Waals surface area contributed by atoms with E-state index in [1.807, 2.05) is 49.4 Å². The molecule has 1 N–H and O–H groups in total. The lowest BCUT2D eigenvalue weighted by Crippen LogP contribution is -2.31. The molecule has 0 bridgehead atoms. The molecule has 0 aliphatic carbocycles. The fourth-order valence-corrected chi connectivity index (χ4v) is 5.69. The number of hydrogen-bond acceptors (Lipinski definition) is 4. The Hall–Kier alpha value is -3.82. The number of nitriles is 1. The molecule has 194 valence electrons. The Bertz CT molecular complexity index is 1400. The molecule has 1 heterocycles. The molecule has 0 spiro atoms. The first kappa shape index (κ1) is 27.2. The van der Waals surface area contributed by atoms with Crippen LogP contribution >= 0.6 is 11.8 Å². The Balaban J connectivity index is 1.72.